The highest BCUT2D eigenvalue weighted by Gasteiger charge is 2.40. The molecule has 0 saturated heterocycles. The number of carbonyl (C=O) groups is 2. The van der Waals surface area contributed by atoms with Gasteiger partial charge in [-0.2, -0.15) is 0 Å². The van der Waals surface area contributed by atoms with Gasteiger partial charge < -0.3 is 29.7 Å². The SMILES string of the molecule is CCCOCCOC(=O)C1=C(CO)NC(CO)=C(C(=O)OCC)C1c1cccc([N+](=O)[O-])c1. The summed E-state index contributed by atoms with van der Waals surface area (Å²) in [5, 5.41) is 33.8. The Bertz CT molecular complexity index is 940. The van der Waals surface area contributed by atoms with Gasteiger partial charge in [0.15, 0.2) is 0 Å². The van der Waals surface area contributed by atoms with Gasteiger partial charge in [-0.15, -0.1) is 0 Å². The molecule has 3 N–H and O–H groups in total. The second-order valence-electron chi connectivity index (χ2n) is 6.98. The van der Waals surface area contributed by atoms with Crippen molar-refractivity contribution >= 4 is 17.6 Å². The van der Waals surface area contributed by atoms with Gasteiger partial charge in [-0.05, 0) is 18.9 Å². The van der Waals surface area contributed by atoms with Crippen molar-refractivity contribution in [3.05, 3.63) is 62.5 Å². The molecule has 0 aromatic heterocycles. The first-order chi connectivity index (χ1) is 15.9. The molecule has 1 unspecified atom stereocenters. The first-order valence-electron chi connectivity index (χ1n) is 10.5. The van der Waals surface area contributed by atoms with E-state index in [1.165, 1.54) is 24.3 Å². The van der Waals surface area contributed by atoms with Crippen molar-refractivity contribution in [1.29, 1.82) is 0 Å². The molecule has 0 aliphatic carbocycles. The molecule has 11 heteroatoms. The predicted octanol–water partition coefficient (Wildman–Crippen LogP) is 1.31. The molecule has 33 heavy (non-hydrogen) atoms. The van der Waals surface area contributed by atoms with Crippen LogP contribution >= 0.6 is 0 Å². The summed E-state index contributed by atoms with van der Waals surface area (Å²) in [5.74, 6) is -2.85. The van der Waals surface area contributed by atoms with Gasteiger partial charge in [-0.25, -0.2) is 9.59 Å². The number of aliphatic hydroxyl groups excluding tert-OH is 2. The first-order valence-corrected chi connectivity index (χ1v) is 10.5. The maximum atomic E-state index is 13.1. The first kappa shape index (κ1) is 26.0. The van der Waals surface area contributed by atoms with E-state index in [-0.39, 0.29) is 53.6 Å². The zero-order chi connectivity index (χ0) is 24.4. The number of aliphatic hydroxyl groups is 2. The number of nitro groups is 1. The quantitative estimate of drug-likeness (QED) is 0.178. The molecule has 180 valence electrons. The molecule has 0 saturated carbocycles. The van der Waals surface area contributed by atoms with Crippen LogP contribution in [0, 0.1) is 10.1 Å². The normalized spacial score (nSPS) is 15.8. The molecule has 1 atom stereocenters. The molecule has 1 aliphatic heterocycles. The predicted molar refractivity (Wildman–Crippen MR) is 116 cm³/mol. The van der Waals surface area contributed by atoms with E-state index in [0.29, 0.717) is 6.61 Å². The minimum atomic E-state index is -1.18. The van der Waals surface area contributed by atoms with Gasteiger partial charge in [-0.3, -0.25) is 10.1 Å². The van der Waals surface area contributed by atoms with E-state index in [2.05, 4.69) is 5.32 Å². The summed E-state index contributed by atoms with van der Waals surface area (Å²) < 4.78 is 15.7. The highest BCUT2D eigenvalue weighted by Crippen LogP contribution is 2.40. The Kier molecular flexibility index (Phi) is 9.98. The van der Waals surface area contributed by atoms with Gasteiger partial charge in [0.1, 0.15) is 6.61 Å². The Balaban J connectivity index is 2.58. The minimum absolute atomic E-state index is 0.00285. The molecule has 1 heterocycles. The Morgan fingerprint density at radius 1 is 1.03 bits per heavy atom. The number of rotatable bonds is 12. The van der Waals surface area contributed by atoms with Gasteiger partial charge >= 0.3 is 11.9 Å². The lowest BCUT2D eigenvalue weighted by Gasteiger charge is -2.31. The molecule has 1 aromatic rings. The highest BCUT2D eigenvalue weighted by molar-refractivity contribution is 6.00. The fourth-order valence-corrected chi connectivity index (χ4v) is 3.42. The highest BCUT2D eigenvalue weighted by atomic mass is 16.6. The number of dihydropyridines is 1. The van der Waals surface area contributed by atoms with Crippen LogP contribution in [0.1, 0.15) is 31.7 Å². The number of ether oxygens (including phenoxy) is 3. The third-order valence-electron chi connectivity index (χ3n) is 4.78. The molecule has 1 aromatic carbocycles. The monoisotopic (exact) mass is 464 g/mol. The van der Waals surface area contributed by atoms with E-state index in [4.69, 9.17) is 14.2 Å². The number of esters is 2. The van der Waals surface area contributed by atoms with Crippen molar-refractivity contribution in [3.8, 4) is 0 Å². The number of nitro benzene ring substituents is 1. The van der Waals surface area contributed by atoms with Crippen LogP contribution in [0.4, 0.5) is 5.69 Å². The van der Waals surface area contributed by atoms with E-state index in [1.54, 1.807) is 6.92 Å². The van der Waals surface area contributed by atoms with E-state index in [1.807, 2.05) is 6.92 Å². The van der Waals surface area contributed by atoms with Crippen LogP contribution in [0.2, 0.25) is 0 Å². The Morgan fingerprint density at radius 2 is 1.67 bits per heavy atom. The number of benzene rings is 1. The molecular formula is C22H28N2O9. The zero-order valence-corrected chi connectivity index (χ0v) is 18.5. The van der Waals surface area contributed by atoms with Crippen LogP contribution in [0.5, 0.6) is 0 Å². The Labute approximate surface area is 190 Å². The number of nitrogens with zero attached hydrogens (tertiary/aromatic N) is 1. The molecule has 0 radical (unpaired) electrons. The molecular weight excluding hydrogens is 436 g/mol. The average Bonchev–Trinajstić information content (AvgIpc) is 2.82. The van der Waals surface area contributed by atoms with Crippen molar-refractivity contribution in [1.82, 2.24) is 5.32 Å². The molecule has 0 bridgehead atoms. The zero-order valence-electron chi connectivity index (χ0n) is 18.5. The van der Waals surface area contributed by atoms with Gasteiger partial charge in [0, 0.05) is 18.7 Å². The molecule has 0 amide bonds. The van der Waals surface area contributed by atoms with Crippen molar-refractivity contribution in [2.24, 2.45) is 0 Å². The number of nitrogens with one attached hydrogen (secondary N) is 1. The molecule has 2 rings (SSSR count). The number of non-ortho nitro benzene ring substituents is 1. The molecule has 0 spiro atoms. The summed E-state index contributed by atoms with van der Waals surface area (Å²) in [5.41, 5.74) is -0.245. The lowest BCUT2D eigenvalue weighted by molar-refractivity contribution is -0.384. The van der Waals surface area contributed by atoms with Gasteiger partial charge in [0.05, 0.1) is 59.8 Å². The average molecular weight is 464 g/mol. The van der Waals surface area contributed by atoms with Crippen LogP contribution in [-0.4, -0.2) is 66.7 Å². The number of carbonyl (C=O) groups excluding carboxylic acids is 2. The second-order valence-corrected chi connectivity index (χ2v) is 6.98. The molecule has 0 fully saturated rings. The fraction of sp³-hybridized carbons (Fsp3) is 0.455. The van der Waals surface area contributed by atoms with Crippen LogP contribution < -0.4 is 5.32 Å². The van der Waals surface area contributed by atoms with Crippen LogP contribution in [-0.2, 0) is 23.8 Å². The maximum Gasteiger partial charge on any atom is 0.336 e. The fourth-order valence-electron chi connectivity index (χ4n) is 3.42. The van der Waals surface area contributed by atoms with Crippen LogP contribution in [0.3, 0.4) is 0 Å². The summed E-state index contributed by atoms with van der Waals surface area (Å²) >= 11 is 0. The van der Waals surface area contributed by atoms with Gasteiger partial charge in [0.2, 0.25) is 0 Å². The number of hydrogen-bond acceptors (Lipinski definition) is 10. The third-order valence-corrected chi connectivity index (χ3v) is 4.78. The topological polar surface area (TPSA) is 157 Å². The molecule has 11 nitrogen and oxygen atoms in total. The largest absolute Gasteiger partial charge is 0.463 e. The standard InChI is InChI=1S/C22H28N2O9/c1-3-8-31-9-10-33-22(28)20-17(13-26)23-16(12-25)19(21(27)32-4-2)18(20)14-6-5-7-15(11-14)24(29)30/h5-7,11,18,23,25-26H,3-4,8-10,12-13H2,1-2H3. The van der Waals surface area contributed by atoms with Crippen molar-refractivity contribution < 1.29 is 38.9 Å². The summed E-state index contributed by atoms with van der Waals surface area (Å²) in [7, 11) is 0. The smallest absolute Gasteiger partial charge is 0.336 e. The minimum Gasteiger partial charge on any atom is -0.463 e. The van der Waals surface area contributed by atoms with Crippen molar-refractivity contribution in [2.75, 3.05) is 39.6 Å². The van der Waals surface area contributed by atoms with Crippen LogP contribution in [0.15, 0.2) is 46.8 Å². The van der Waals surface area contributed by atoms with Gasteiger partial charge in [0.25, 0.3) is 5.69 Å². The van der Waals surface area contributed by atoms with E-state index >= 15 is 0 Å². The van der Waals surface area contributed by atoms with Crippen molar-refractivity contribution in [2.45, 2.75) is 26.2 Å². The van der Waals surface area contributed by atoms with Gasteiger partial charge in [-0.1, -0.05) is 19.1 Å². The maximum absolute atomic E-state index is 13.1. The Hall–Kier alpha value is -3.28. The summed E-state index contributed by atoms with van der Waals surface area (Å²) in [6.45, 7) is 2.86. The Morgan fingerprint density at radius 3 is 2.21 bits per heavy atom. The third kappa shape index (κ3) is 6.37. The van der Waals surface area contributed by atoms with Crippen molar-refractivity contribution in [3.63, 3.8) is 0 Å². The summed E-state index contributed by atoms with van der Waals surface area (Å²) in [6, 6.07) is 5.41. The molecule has 1 aliphatic rings. The lowest BCUT2D eigenvalue weighted by Crippen LogP contribution is -2.36. The summed E-state index contributed by atoms with van der Waals surface area (Å²) in [4.78, 5) is 36.6. The number of hydrogen-bond donors (Lipinski definition) is 3. The lowest BCUT2D eigenvalue weighted by atomic mass is 9.80. The van der Waals surface area contributed by atoms with E-state index in [0.717, 1.165) is 6.42 Å². The summed E-state index contributed by atoms with van der Waals surface area (Å²) in [6.07, 6.45) is 0.796. The van der Waals surface area contributed by atoms with E-state index < -0.39 is 36.0 Å². The second kappa shape index (κ2) is 12.7. The van der Waals surface area contributed by atoms with E-state index in [9.17, 15) is 29.9 Å². The van der Waals surface area contributed by atoms with Crippen LogP contribution in [0.25, 0.3) is 0 Å².